The van der Waals surface area contributed by atoms with Crippen molar-refractivity contribution in [1.29, 1.82) is 0 Å². The summed E-state index contributed by atoms with van der Waals surface area (Å²) in [5.41, 5.74) is 0.348. The maximum Gasteiger partial charge on any atom is 0.261 e. The van der Waals surface area contributed by atoms with Crippen LogP contribution in [0.2, 0.25) is 0 Å². The molecule has 7 heteroatoms. The van der Waals surface area contributed by atoms with E-state index >= 15 is 0 Å². The average molecular weight is 360 g/mol. The third kappa shape index (κ3) is 3.49. The van der Waals surface area contributed by atoms with E-state index in [0.29, 0.717) is 15.9 Å². The Hall–Kier alpha value is -1.60. The van der Waals surface area contributed by atoms with Crippen molar-refractivity contribution in [3.05, 3.63) is 52.8 Å². The average Bonchev–Trinajstić information content (AvgIpc) is 2.37. The number of benzene rings is 2. The molecule has 0 amide bonds. The van der Waals surface area contributed by atoms with Gasteiger partial charge in [0.1, 0.15) is 11.6 Å². The summed E-state index contributed by atoms with van der Waals surface area (Å²) in [7, 11) is -2.28. The largest absolute Gasteiger partial charge is 0.497 e. The second-order valence-corrected chi connectivity index (χ2v) is 6.54. The second-order valence-electron chi connectivity index (χ2n) is 3.94. The van der Waals surface area contributed by atoms with Crippen LogP contribution in [0.5, 0.6) is 5.75 Å². The SMILES string of the molecule is COc1cc(Br)cc(NS(=O)(=O)c2ccc(F)cc2)c1. The second kappa shape index (κ2) is 5.80. The molecular formula is C13H11BrFNO3S. The van der Waals surface area contributed by atoms with Gasteiger partial charge in [0.25, 0.3) is 10.0 Å². The number of sulfonamides is 1. The lowest BCUT2D eigenvalue weighted by Crippen LogP contribution is -2.13. The highest BCUT2D eigenvalue weighted by Crippen LogP contribution is 2.26. The van der Waals surface area contributed by atoms with Crippen molar-refractivity contribution in [2.24, 2.45) is 0 Å². The van der Waals surface area contributed by atoms with Crippen LogP contribution in [0.25, 0.3) is 0 Å². The molecule has 106 valence electrons. The van der Waals surface area contributed by atoms with Crippen LogP contribution < -0.4 is 9.46 Å². The van der Waals surface area contributed by atoms with Gasteiger partial charge in [-0.05, 0) is 36.4 Å². The fraction of sp³-hybridized carbons (Fsp3) is 0.0769. The van der Waals surface area contributed by atoms with Crippen LogP contribution in [0.4, 0.5) is 10.1 Å². The maximum atomic E-state index is 12.8. The van der Waals surface area contributed by atoms with Gasteiger partial charge in [0.2, 0.25) is 0 Å². The van der Waals surface area contributed by atoms with Gasteiger partial charge in [0.05, 0.1) is 17.7 Å². The minimum atomic E-state index is -3.76. The third-order valence-electron chi connectivity index (χ3n) is 2.48. The first-order valence-corrected chi connectivity index (χ1v) is 7.81. The molecule has 0 heterocycles. The molecule has 0 saturated heterocycles. The van der Waals surface area contributed by atoms with Crippen LogP contribution in [0, 0.1) is 5.82 Å². The van der Waals surface area contributed by atoms with E-state index < -0.39 is 15.8 Å². The topological polar surface area (TPSA) is 55.4 Å². The van der Waals surface area contributed by atoms with E-state index in [4.69, 9.17) is 4.74 Å². The molecule has 1 N–H and O–H groups in total. The zero-order chi connectivity index (χ0) is 14.8. The molecule has 2 rings (SSSR count). The molecule has 0 bridgehead atoms. The molecule has 2 aromatic carbocycles. The fourth-order valence-electron chi connectivity index (χ4n) is 1.57. The smallest absolute Gasteiger partial charge is 0.261 e. The van der Waals surface area contributed by atoms with Crippen LogP contribution in [0.1, 0.15) is 0 Å². The molecule has 0 aliphatic rings. The van der Waals surface area contributed by atoms with E-state index in [1.807, 2.05) is 0 Å². The lowest BCUT2D eigenvalue weighted by atomic mass is 10.3. The molecule has 0 fully saturated rings. The zero-order valence-corrected chi connectivity index (χ0v) is 12.8. The Morgan fingerprint density at radius 1 is 1.15 bits per heavy atom. The van der Waals surface area contributed by atoms with Crippen molar-refractivity contribution in [3.8, 4) is 5.75 Å². The van der Waals surface area contributed by atoms with Crippen LogP contribution >= 0.6 is 15.9 Å². The predicted molar refractivity (Wildman–Crippen MR) is 77.9 cm³/mol. The summed E-state index contributed by atoms with van der Waals surface area (Å²) in [4.78, 5) is -0.0159. The Balaban J connectivity index is 2.33. The summed E-state index contributed by atoms with van der Waals surface area (Å²) in [6, 6.07) is 9.44. The molecule has 0 aliphatic carbocycles. The Morgan fingerprint density at radius 3 is 2.40 bits per heavy atom. The first kappa shape index (κ1) is 14.8. The molecule has 0 radical (unpaired) electrons. The van der Waals surface area contributed by atoms with Crippen molar-refractivity contribution in [1.82, 2.24) is 0 Å². The summed E-state index contributed by atoms with van der Waals surface area (Å²) in [6.07, 6.45) is 0. The van der Waals surface area contributed by atoms with Gasteiger partial charge in [-0.1, -0.05) is 15.9 Å². The third-order valence-corrected chi connectivity index (χ3v) is 4.34. The number of ether oxygens (including phenoxy) is 1. The minimum absolute atomic E-state index is 0.0159. The normalized spacial score (nSPS) is 11.2. The van der Waals surface area contributed by atoms with E-state index in [9.17, 15) is 12.8 Å². The van der Waals surface area contributed by atoms with Crippen LogP contribution in [-0.4, -0.2) is 15.5 Å². The summed E-state index contributed by atoms with van der Waals surface area (Å²) in [6.45, 7) is 0. The number of nitrogens with one attached hydrogen (secondary N) is 1. The summed E-state index contributed by atoms with van der Waals surface area (Å²) in [5, 5.41) is 0. The van der Waals surface area contributed by atoms with E-state index in [1.165, 1.54) is 19.2 Å². The molecule has 4 nitrogen and oxygen atoms in total. The Kier molecular flexibility index (Phi) is 4.29. The van der Waals surface area contributed by atoms with E-state index in [1.54, 1.807) is 18.2 Å². The van der Waals surface area contributed by atoms with Gasteiger partial charge in [0.15, 0.2) is 0 Å². The molecule has 0 aliphatic heterocycles. The van der Waals surface area contributed by atoms with Gasteiger partial charge in [-0.25, -0.2) is 12.8 Å². The number of hydrogen-bond acceptors (Lipinski definition) is 3. The van der Waals surface area contributed by atoms with Crippen LogP contribution in [0.15, 0.2) is 51.8 Å². The molecular weight excluding hydrogens is 349 g/mol. The lowest BCUT2D eigenvalue weighted by Gasteiger charge is -2.10. The van der Waals surface area contributed by atoms with Gasteiger partial charge in [0, 0.05) is 10.5 Å². The lowest BCUT2D eigenvalue weighted by molar-refractivity contribution is 0.415. The van der Waals surface area contributed by atoms with Crippen molar-refractivity contribution in [2.75, 3.05) is 11.8 Å². The molecule has 20 heavy (non-hydrogen) atoms. The highest BCUT2D eigenvalue weighted by molar-refractivity contribution is 9.10. The van der Waals surface area contributed by atoms with Crippen molar-refractivity contribution < 1.29 is 17.5 Å². The monoisotopic (exact) mass is 359 g/mol. The molecule has 0 atom stereocenters. The number of methoxy groups -OCH3 is 1. The van der Waals surface area contributed by atoms with Gasteiger partial charge in [-0.3, -0.25) is 4.72 Å². The fourth-order valence-corrected chi connectivity index (χ4v) is 3.08. The molecule has 0 aromatic heterocycles. The van der Waals surface area contributed by atoms with Crippen molar-refractivity contribution >= 4 is 31.6 Å². The predicted octanol–water partition coefficient (Wildman–Crippen LogP) is 3.40. The van der Waals surface area contributed by atoms with E-state index in [0.717, 1.165) is 12.1 Å². The molecule has 0 spiro atoms. The number of rotatable bonds is 4. The standard InChI is InChI=1S/C13H11BrFNO3S/c1-19-12-7-9(14)6-11(8-12)16-20(17,18)13-4-2-10(15)3-5-13/h2-8,16H,1H3. The van der Waals surface area contributed by atoms with Crippen LogP contribution in [0.3, 0.4) is 0 Å². The molecule has 0 unspecified atom stereocenters. The summed E-state index contributed by atoms with van der Waals surface area (Å²) >= 11 is 3.26. The summed E-state index contributed by atoms with van der Waals surface area (Å²) < 4.78 is 45.2. The highest BCUT2D eigenvalue weighted by Gasteiger charge is 2.14. The van der Waals surface area contributed by atoms with E-state index in [-0.39, 0.29) is 4.90 Å². The Bertz CT molecular complexity index is 717. The van der Waals surface area contributed by atoms with Gasteiger partial charge < -0.3 is 4.74 Å². The minimum Gasteiger partial charge on any atom is -0.497 e. The molecule has 2 aromatic rings. The zero-order valence-electron chi connectivity index (χ0n) is 10.4. The maximum absolute atomic E-state index is 12.8. The number of hydrogen-bond donors (Lipinski definition) is 1. The number of halogens is 2. The van der Waals surface area contributed by atoms with Crippen molar-refractivity contribution in [3.63, 3.8) is 0 Å². The number of anilines is 1. The van der Waals surface area contributed by atoms with E-state index in [2.05, 4.69) is 20.7 Å². The highest BCUT2D eigenvalue weighted by atomic mass is 79.9. The van der Waals surface area contributed by atoms with Gasteiger partial charge in [-0.15, -0.1) is 0 Å². The summed E-state index contributed by atoms with van der Waals surface area (Å²) in [5.74, 6) is 0.0178. The van der Waals surface area contributed by atoms with Gasteiger partial charge in [-0.2, -0.15) is 0 Å². The first-order chi connectivity index (χ1) is 9.40. The quantitative estimate of drug-likeness (QED) is 0.909. The molecule has 0 saturated carbocycles. The Morgan fingerprint density at radius 2 is 1.80 bits per heavy atom. The van der Waals surface area contributed by atoms with Crippen LogP contribution in [-0.2, 0) is 10.0 Å². The Labute approximate surface area is 124 Å². The van der Waals surface area contributed by atoms with Gasteiger partial charge >= 0.3 is 0 Å². The first-order valence-electron chi connectivity index (χ1n) is 5.54. The van der Waals surface area contributed by atoms with Crippen molar-refractivity contribution in [2.45, 2.75) is 4.90 Å².